The fraction of sp³-hybridized carbons (Fsp3) is 0.600. The van der Waals surface area contributed by atoms with Gasteiger partial charge in [-0.3, -0.25) is 4.90 Å². The van der Waals surface area contributed by atoms with Gasteiger partial charge in [0.05, 0.1) is 6.61 Å². The standard InChI is InChI=1S/C15H23NOS/c1-5-15(2,3)16(4)11-14-10-13(12-18-14)8-6-7-9-17/h10,12,17H,5,7,9,11H2,1-4H3. The average Bonchev–Trinajstić information content (AvgIpc) is 2.77. The van der Waals surface area contributed by atoms with Crippen LogP contribution in [0.1, 0.15) is 44.1 Å². The molecule has 0 aliphatic heterocycles. The number of hydrogen-bond acceptors (Lipinski definition) is 3. The zero-order valence-electron chi connectivity index (χ0n) is 11.8. The Balaban J connectivity index is 2.62. The maximum atomic E-state index is 8.68. The van der Waals surface area contributed by atoms with Crippen molar-refractivity contribution in [3.8, 4) is 11.8 Å². The molecule has 0 aromatic carbocycles. The predicted octanol–water partition coefficient (Wildman–Crippen LogP) is 3.10. The molecule has 0 fully saturated rings. The fourth-order valence-electron chi connectivity index (χ4n) is 1.47. The second-order valence-corrected chi connectivity index (χ2v) is 6.09. The van der Waals surface area contributed by atoms with Gasteiger partial charge < -0.3 is 5.11 Å². The fourth-order valence-corrected chi connectivity index (χ4v) is 2.34. The minimum absolute atomic E-state index is 0.136. The Morgan fingerprint density at radius 3 is 2.78 bits per heavy atom. The number of nitrogens with zero attached hydrogens (tertiary/aromatic N) is 1. The molecule has 1 heterocycles. The van der Waals surface area contributed by atoms with Gasteiger partial charge in [0.15, 0.2) is 0 Å². The van der Waals surface area contributed by atoms with Gasteiger partial charge in [-0.2, -0.15) is 0 Å². The van der Waals surface area contributed by atoms with Crippen molar-refractivity contribution < 1.29 is 5.11 Å². The first-order valence-corrected chi connectivity index (χ1v) is 7.26. The van der Waals surface area contributed by atoms with Crippen LogP contribution in [0.5, 0.6) is 0 Å². The molecular weight excluding hydrogens is 242 g/mol. The van der Waals surface area contributed by atoms with Gasteiger partial charge in [0.2, 0.25) is 0 Å². The van der Waals surface area contributed by atoms with Crippen LogP contribution in [0.25, 0.3) is 0 Å². The first-order chi connectivity index (χ1) is 8.49. The highest BCUT2D eigenvalue weighted by Crippen LogP contribution is 2.22. The van der Waals surface area contributed by atoms with Gasteiger partial charge in [0.1, 0.15) is 0 Å². The molecule has 1 rings (SSSR count). The molecule has 1 aromatic rings. The second kappa shape index (κ2) is 6.94. The number of aliphatic hydroxyl groups excluding tert-OH is 1. The lowest BCUT2D eigenvalue weighted by Crippen LogP contribution is -2.39. The van der Waals surface area contributed by atoms with Crippen LogP contribution in [0.3, 0.4) is 0 Å². The minimum Gasteiger partial charge on any atom is -0.395 e. The molecule has 0 saturated carbocycles. The van der Waals surface area contributed by atoms with Crippen LogP contribution < -0.4 is 0 Å². The summed E-state index contributed by atoms with van der Waals surface area (Å²) in [5, 5.41) is 10.8. The summed E-state index contributed by atoms with van der Waals surface area (Å²) >= 11 is 1.76. The molecule has 0 aliphatic rings. The van der Waals surface area contributed by atoms with Crippen molar-refractivity contribution >= 4 is 11.3 Å². The molecule has 0 bridgehead atoms. The summed E-state index contributed by atoms with van der Waals surface area (Å²) < 4.78 is 0. The third kappa shape index (κ3) is 4.45. The quantitative estimate of drug-likeness (QED) is 0.827. The molecule has 100 valence electrons. The Bertz CT molecular complexity index is 425. The van der Waals surface area contributed by atoms with Crippen LogP contribution in [0.4, 0.5) is 0 Å². The molecule has 1 N–H and O–H groups in total. The highest BCUT2D eigenvalue weighted by molar-refractivity contribution is 7.10. The molecule has 0 atom stereocenters. The molecular formula is C15H23NOS. The normalized spacial score (nSPS) is 11.4. The summed E-state index contributed by atoms with van der Waals surface area (Å²) in [5.74, 6) is 6.03. The van der Waals surface area contributed by atoms with Gasteiger partial charge in [-0.25, -0.2) is 0 Å². The van der Waals surface area contributed by atoms with Gasteiger partial charge in [-0.15, -0.1) is 11.3 Å². The summed E-state index contributed by atoms with van der Waals surface area (Å²) in [6, 6.07) is 2.15. The molecule has 0 radical (unpaired) electrons. The lowest BCUT2D eigenvalue weighted by Gasteiger charge is -2.34. The number of aliphatic hydroxyl groups is 1. The largest absolute Gasteiger partial charge is 0.395 e. The molecule has 2 nitrogen and oxygen atoms in total. The van der Waals surface area contributed by atoms with Crippen molar-refractivity contribution in [3.63, 3.8) is 0 Å². The molecule has 3 heteroatoms. The van der Waals surface area contributed by atoms with Gasteiger partial charge in [0.25, 0.3) is 0 Å². The van der Waals surface area contributed by atoms with Crippen LogP contribution in [0, 0.1) is 11.8 Å². The maximum absolute atomic E-state index is 8.68. The van der Waals surface area contributed by atoms with Crippen molar-refractivity contribution in [2.75, 3.05) is 13.7 Å². The molecule has 0 aliphatic carbocycles. The Morgan fingerprint density at radius 1 is 1.44 bits per heavy atom. The van der Waals surface area contributed by atoms with E-state index in [4.69, 9.17) is 5.11 Å². The molecule has 18 heavy (non-hydrogen) atoms. The lowest BCUT2D eigenvalue weighted by molar-refractivity contribution is 0.144. The van der Waals surface area contributed by atoms with Gasteiger partial charge in [-0.05, 0) is 33.4 Å². The van der Waals surface area contributed by atoms with E-state index < -0.39 is 0 Å². The maximum Gasteiger partial charge on any atom is 0.0540 e. The summed E-state index contributed by atoms with van der Waals surface area (Å²) in [6.45, 7) is 7.85. The summed E-state index contributed by atoms with van der Waals surface area (Å²) in [6.07, 6.45) is 1.69. The monoisotopic (exact) mass is 265 g/mol. The summed E-state index contributed by atoms with van der Waals surface area (Å²) in [5.41, 5.74) is 1.29. The van der Waals surface area contributed by atoms with E-state index in [0.717, 1.165) is 18.5 Å². The van der Waals surface area contributed by atoms with Crippen LogP contribution in [-0.4, -0.2) is 29.2 Å². The zero-order valence-corrected chi connectivity index (χ0v) is 12.6. The molecule has 0 spiro atoms. The lowest BCUT2D eigenvalue weighted by atomic mass is 10.00. The predicted molar refractivity (Wildman–Crippen MR) is 78.7 cm³/mol. The third-order valence-corrected chi connectivity index (χ3v) is 4.34. The van der Waals surface area contributed by atoms with Crippen molar-refractivity contribution in [2.45, 2.75) is 45.7 Å². The zero-order chi connectivity index (χ0) is 13.6. The highest BCUT2D eigenvalue weighted by Gasteiger charge is 2.21. The topological polar surface area (TPSA) is 23.5 Å². The Hall–Kier alpha value is -0.820. The Morgan fingerprint density at radius 2 is 2.17 bits per heavy atom. The molecule has 0 unspecified atom stereocenters. The Labute approximate surface area is 115 Å². The first kappa shape index (κ1) is 15.2. The highest BCUT2D eigenvalue weighted by atomic mass is 32.1. The Kier molecular flexibility index (Phi) is 5.87. The molecule has 0 saturated heterocycles. The number of thiophene rings is 1. The van der Waals surface area contributed by atoms with Crippen molar-refractivity contribution in [2.24, 2.45) is 0 Å². The smallest absolute Gasteiger partial charge is 0.0540 e. The first-order valence-electron chi connectivity index (χ1n) is 6.38. The summed E-state index contributed by atoms with van der Waals surface area (Å²) in [4.78, 5) is 3.72. The summed E-state index contributed by atoms with van der Waals surface area (Å²) in [7, 11) is 2.17. The van der Waals surface area contributed by atoms with E-state index in [9.17, 15) is 0 Å². The van der Waals surface area contributed by atoms with Crippen molar-refractivity contribution in [1.82, 2.24) is 4.90 Å². The SMILES string of the molecule is CCC(C)(C)N(C)Cc1cc(C#CCCO)cs1. The van der Waals surface area contributed by atoms with E-state index in [2.05, 4.69) is 56.0 Å². The van der Waals surface area contributed by atoms with Crippen LogP contribution >= 0.6 is 11.3 Å². The molecule has 1 aromatic heterocycles. The van der Waals surface area contributed by atoms with Gasteiger partial charge >= 0.3 is 0 Å². The minimum atomic E-state index is 0.136. The van der Waals surface area contributed by atoms with Gasteiger partial charge in [0, 0.05) is 34.3 Å². The number of rotatable bonds is 5. The van der Waals surface area contributed by atoms with Crippen molar-refractivity contribution in [1.29, 1.82) is 0 Å². The van der Waals surface area contributed by atoms with E-state index in [1.165, 1.54) is 4.88 Å². The average molecular weight is 265 g/mol. The van der Waals surface area contributed by atoms with E-state index >= 15 is 0 Å². The van der Waals surface area contributed by atoms with E-state index in [-0.39, 0.29) is 12.1 Å². The van der Waals surface area contributed by atoms with E-state index in [0.29, 0.717) is 6.42 Å². The van der Waals surface area contributed by atoms with Crippen LogP contribution in [0.2, 0.25) is 0 Å². The van der Waals surface area contributed by atoms with Crippen LogP contribution in [0.15, 0.2) is 11.4 Å². The van der Waals surface area contributed by atoms with E-state index in [1.807, 2.05) is 0 Å². The van der Waals surface area contributed by atoms with Crippen molar-refractivity contribution in [3.05, 3.63) is 21.9 Å². The third-order valence-electron chi connectivity index (χ3n) is 3.41. The van der Waals surface area contributed by atoms with Crippen LogP contribution in [-0.2, 0) is 6.54 Å². The van der Waals surface area contributed by atoms with E-state index in [1.54, 1.807) is 11.3 Å². The molecule has 0 amide bonds. The second-order valence-electron chi connectivity index (χ2n) is 5.10. The van der Waals surface area contributed by atoms with Gasteiger partial charge in [-0.1, -0.05) is 18.8 Å². The number of hydrogen-bond donors (Lipinski definition) is 1.